The van der Waals surface area contributed by atoms with Crippen LogP contribution in [0.2, 0.25) is 5.02 Å². The lowest BCUT2D eigenvalue weighted by Crippen LogP contribution is -2.53. The topological polar surface area (TPSA) is 142 Å². The average Bonchev–Trinajstić information content (AvgIpc) is 3.65. The number of hydrogen-bond donors (Lipinski definition) is 1. The molecule has 13 nitrogen and oxygen atoms in total. The maximum atomic E-state index is 16.2. The van der Waals surface area contributed by atoms with E-state index in [4.69, 9.17) is 25.5 Å². The molecule has 0 unspecified atom stereocenters. The van der Waals surface area contributed by atoms with Crippen molar-refractivity contribution in [3.8, 4) is 5.75 Å². The largest absolute Gasteiger partial charge is 0.486 e. The van der Waals surface area contributed by atoms with E-state index in [-0.39, 0.29) is 60.6 Å². The average molecular weight is 746 g/mol. The summed E-state index contributed by atoms with van der Waals surface area (Å²) in [6, 6.07) is 6.33. The van der Waals surface area contributed by atoms with E-state index in [9.17, 15) is 22.8 Å². The van der Waals surface area contributed by atoms with Gasteiger partial charge in [-0.2, -0.15) is 12.7 Å². The number of carbonyl (C=O) groups is 2. The zero-order valence-electron chi connectivity index (χ0n) is 28.6. The number of anilines is 1. The SMILES string of the molecule is COC[C@H]1CN(c2ccc3c4c(c(=O)oc3c2Cl)CN(C(=O)c2ccc(C(=O)NS(=O)(=O)N3CCCC3)c(OC3CCC3)c2F)CC4)CCN1C. The number of piperazine rings is 1. The Bertz CT molecular complexity index is 2030. The summed E-state index contributed by atoms with van der Waals surface area (Å²) in [5.74, 6) is -3.29. The molecule has 2 amide bonds. The predicted octanol–water partition coefficient (Wildman–Crippen LogP) is 3.55. The molecule has 3 fully saturated rings. The lowest BCUT2D eigenvalue weighted by atomic mass is 9.95. The highest BCUT2D eigenvalue weighted by atomic mass is 35.5. The molecule has 3 aromatic rings. The van der Waals surface area contributed by atoms with Crippen LogP contribution in [0.1, 0.15) is 63.9 Å². The molecule has 0 radical (unpaired) electrons. The van der Waals surface area contributed by atoms with Gasteiger partial charge in [-0.1, -0.05) is 11.6 Å². The third kappa shape index (κ3) is 6.81. The van der Waals surface area contributed by atoms with Gasteiger partial charge in [0.25, 0.3) is 11.8 Å². The molecule has 2 aromatic carbocycles. The fraction of sp³-hybridized carbons (Fsp3) is 0.514. The second-order valence-electron chi connectivity index (χ2n) is 13.7. The monoisotopic (exact) mass is 745 g/mol. The summed E-state index contributed by atoms with van der Waals surface area (Å²) in [6.07, 6.45) is 3.40. The second kappa shape index (κ2) is 14.3. The summed E-state index contributed by atoms with van der Waals surface area (Å²) in [5, 5.41) is 1.01. The van der Waals surface area contributed by atoms with Crippen molar-refractivity contribution in [2.24, 2.45) is 0 Å². The molecule has 2 saturated heterocycles. The van der Waals surface area contributed by atoms with E-state index in [1.54, 1.807) is 7.11 Å². The van der Waals surface area contributed by atoms with Gasteiger partial charge in [0.15, 0.2) is 17.1 Å². The second-order valence-corrected chi connectivity index (χ2v) is 15.7. The minimum atomic E-state index is -4.14. The van der Waals surface area contributed by atoms with Crippen LogP contribution in [0.25, 0.3) is 11.0 Å². The number of benzene rings is 2. The Morgan fingerprint density at radius 1 is 1.02 bits per heavy atom. The van der Waals surface area contributed by atoms with Gasteiger partial charge in [0, 0.05) is 51.8 Å². The van der Waals surface area contributed by atoms with Crippen LogP contribution in [-0.2, 0) is 27.9 Å². The molecule has 0 spiro atoms. The molecule has 1 aliphatic carbocycles. The van der Waals surface area contributed by atoms with Gasteiger partial charge in [-0.3, -0.25) is 14.5 Å². The molecule has 16 heteroatoms. The Kier molecular flexibility index (Phi) is 10.0. The summed E-state index contributed by atoms with van der Waals surface area (Å²) < 4.78 is 62.1. The molecular weight excluding hydrogens is 705 g/mol. The van der Waals surface area contributed by atoms with E-state index in [2.05, 4.69) is 16.8 Å². The standard InChI is InChI=1S/C35H41ClFN5O8S/c1-39-16-17-40(18-21(39)20-48-2)28-11-10-24-23-12-15-41(19-27(23)35(45)50-31(24)29(28)36)34(44)25-8-9-26(32(30(25)37)49-22-6-5-7-22)33(43)38-51(46,47)42-13-3-4-14-42/h8-11,21-22H,3-7,12-20H2,1-2H3,(H,38,43)/t21-/m1/s1. The zero-order chi connectivity index (χ0) is 36.0. The van der Waals surface area contributed by atoms with Crippen molar-refractivity contribution < 1.29 is 36.3 Å². The predicted molar refractivity (Wildman–Crippen MR) is 188 cm³/mol. The van der Waals surface area contributed by atoms with Gasteiger partial charge in [-0.25, -0.2) is 13.9 Å². The minimum absolute atomic E-state index is 0.127. The van der Waals surface area contributed by atoms with Crippen molar-refractivity contribution in [3.63, 3.8) is 0 Å². The molecular formula is C35H41ClFN5O8S. The molecule has 274 valence electrons. The van der Waals surface area contributed by atoms with Crippen molar-refractivity contribution in [2.75, 3.05) is 64.9 Å². The van der Waals surface area contributed by atoms with Crippen LogP contribution in [-0.4, -0.2) is 107 Å². The number of carbonyl (C=O) groups excluding carboxylic acids is 2. The van der Waals surface area contributed by atoms with Gasteiger partial charge in [-0.15, -0.1) is 0 Å². The molecule has 1 N–H and O–H groups in total. The number of fused-ring (bicyclic) bond motifs is 3. The van der Waals surface area contributed by atoms with Crippen LogP contribution in [0.5, 0.6) is 5.75 Å². The van der Waals surface area contributed by atoms with Crippen LogP contribution in [0, 0.1) is 5.82 Å². The summed E-state index contributed by atoms with van der Waals surface area (Å²) >= 11 is 6.89. The number of nitrogens with zero attached hydrogens (tertiary/aromatic N) is 4. The van der Waals surface area contributed by atoms with Crippen LogP contribution in [0.3, 0.4) is 0 Å². The Hall–Kier alpha value is -3.76. The Labute approximate surface area is 300 Å². The Balaban J connectivity index is 1.14. The van der Waals surface area contributed by atoms with E-state index < -0.39 is 39.2 Å². The fourth-order valence-corrected chi connectivity index (χ4v) is 8.78. The van der Waals surface area contributed by atoms with Crippen molar-refractivity contribution in [1.29, 1.82) is 0 Å². The molecule has 1 saturated carbocycles. The smallest absolute Gasteiger partial charge is 0.341 e. The highest BCUT2D eigenvalue weighted by Gasteiger charge is 2.35. The fourth-order valence-electron chi connectivity index (χ4n) is 7.25. The summed E-state index contributed by atoms with van der Waals surface area (Å²) in [4.78, 5) is 46.2. The Morgan fingerprint density at radius 2 is 1.76 bits per heavy atom. The molecule has 4 aliphatic rings. The van der Waals surface area contributed by atoms with E-state index in [0.29, 0.717) is 55.7 Å². The van der Waals surface area contributed by atoms with Gasteiger partial charge < -0.3 is 23.7 Å². The van der Waals surface area contributed by atoms with Gasteiger partial charge in [0.1, 0.15) is 5.02 Å². The quantitative estimate of drug-likeness (QED) is 0.324. The maximum absolute atomic E-state index is 16.2. The highest BCUT2D eigenvalue weighted by Crippen LogP contribution is 2.38. The molecule has 7 rings (SSSR count). The van der Waals surface area contributed by atoms with Crippen molar-refractivity contribution in [2.45, 2.75) is 57.2 Å². The van der Waals surface area contributed by atoms with Crippen molar-refractivity contribution in [1.82, 2.24) is 18.8 Å². The number of hydrogen-bond acceptors (Lipinski definition) is 10. The van der Waals surface area contributed by atoms with Crippen LogP contribution in [0.15, 0.2) is 33.5 Å². The molecule has 1 aromatic heterocycles. The van der Waals surface area contributed by atoms with E-state index in [1.807, 2.05) is 16.9 Å². The number of halogens is 2. The third-order valence-corrected chi connectivity index (χ3v) is 12.3. The number of rotatable bonds is 9. The number of methoxy groups -OCH3 is 1. The van der Waals surface area contributed by atoms with Crippen LogP contribution >= 0.6 is 11.6 Å². The molecule has 51 heavy (non-hydrogen) atoms. The number of nitrogens with one attached hydrogen (secondary N) is 1. The van der Waals surface area contributed by atoms with Gasteiger partial charge in [-0.05, 0) is 75.4 Å². The lowest BCUT2D eigenvalue weighted by molar-refractivity contribution is 0.0721. The lowest BCUT2D eigenvalue weighted by Gasteiger charge is -2.40. The van der Waals surface area contributed by atoms with Crippen LogP contribution in [0.4, 0.5) is 10.1 Å². The highest BCUT2D eigenvalue weighted by molar-refractivity contribution is 7.87. The van der Waals surface area contributed by atoms with Crippen molar-refractivity contribution >= 4 is 50.3 Å². The first-order valence-electron chi connectivity index (χ1n) is 17.3. The van der Waals surface area contributed by atoms with E-state index >= 15 is 4.39 Å². The summed E-state index contributed by atoms with van der Waals surface area (Å²) in [7, 11) is -0.417. The summed E-state index contributed by atoms with van der Waals surface area (Å²) in [5.41, 5.74) is 0.723. The van der Waals surface area contributed by atoms with E-state index in [1.165, 1.54) is 15.3 Å². The van der Waals surface area contributed by atoms with Gasteiger partial charge in [0.05, 0.1) is 47.7 Å². The zero-order valence-corrected chi connectivity index (χ0v) is 30.2. The van der Waals surface area contributed by atoms with Crippen LogP contribution < -0.4 is 20.0 Å². The molecule has 4 heterocycles. The normalized spacial score (nSPS) is 20.4. The maximum Gasteiger partial charge on any atom is 0.341 e. The summed E-state index contributed by atoms with van der Waals surface area (Å²) in [6.45, 7) is 3.42. The number of ether oxygens (including phenoxy) is 2. The minimum Gasteiger partial charge on any atom is -0.486 e. The third-order valence-electron chi connectivity index (χ3n) is 10.5. The molecule has 0 bridgehead atoms. The number of amides is 2. The van der Waals surface area contributed by atoms with E-state index in [0.717, 1.165) is 36.8 Å². The van der Waals surface area contributed by atoms with Gasteiger partial charge >= 0.3 is 15.8 Å². The van der Waals surface area contributed by atoms with Crippen molar-refractivity contribution in [3.05, 3.63) is 67.8 Å². The Morgan fingerprint density at radius 3 is 2.47 bits per heavy atom. The van der Waals surface area contributed by atoms with Gasteiger partial charge in [0.2, 0.25) is 0 Å². The number of likely N-dealkylation sites (N-methyl/N-ethyl adjacent to an activating group) is 1. The first-order chi connectivity index (χ1) is 24.5. The molecule has 3 aliphatic heterocycles. The first kappa shape index (κ1) is 35.6. The first-order valence-corrected chi connectivity index (χ1v) is 19.1. The molecule has 1 atom stereocenters.